The van der Waals surface area contributed by atoms with Crippen molar-refractivity contribution in [2.24, 2.45) is 0 Å². The van der Waals surface area contributed by atoms with Gasteiger partial charge in [-0.1, -0.05) is 0 Å². The summed E-state index contributed by atoms with van der Waals surface area (Å²) in [6.07, 6.45) is 7.17. The molecule has 26 heavy (non-hydrogen) atoms. The fourth-order valence-corrected chi connectivity index (χ4v) is 2.62. The Morgan fingerprint density at radius 2 is 1.08 bits per heavy atom. The lowest BCUT2D eigenvalue weighted by Crippen LogP contribution is -2.09. The molecule has 2 aliphatic heterocycles. The molecule has 4 rings (SSSR count). The average molecular weight is 352 g/mol. The maximum absolute atomic E-state index is 11.4. The third-order valence-corrected chi connectivity index (χ3v) is 3.95. The molecule has 2 aliphatic rings. The number of hydrogen-bond donors (Lipinski definition) is 2. The Morgan fingerprint density at radius 3 is 1.50 bits per heavy atom. The molecule has 0 fully saturated rings. The first-order valence-corrected chi connectivity index (χ1v) is 8.08. The fraction of sp³-hybridized carbons (Fsp3) is 0.222. The molecule has 2 aromatic heterocycles. The van der Waals surface area contributed by atoms with Crippen molar-refractivity contribution in [1.29, 1.82) is 0 Å². The molecule has 0 unspecified atom stereocenters. The predicted octanol–water partition coefficient (Wildman–Crippen LogP) is 1.99. The Bertz CT molecular complexity index is 821. The molecule has 0 aliphatic carbocycles. The molecule has 4 heterocycles. The summed E-state index contributed by atoms with van der Waals surface area (Å²) in [5.41, 5.74) is 2.16. The highest BCUT2D eigenvalue weighted by atomic mass is 16.2. The first-order chi connectivity index (χ1) is 12.5. The number of aromatic nitrogens is 2. The number of carbonyl (C=O) groups is 4. The van der Waals surface area contributed by atoms with Crippen molar-refractivity contribution in [3.63, 3.8) is 0 Å². The molecule has 132 valence electrons. The van der Waals surface area contributed by atoms with E-state index in [1.807, 2.05) is 0 Å². The number of nitrogens with one attached hydrogen (secondary N) is 2. The van der Waals surface area contributed by atoms with E-state index in [1.54, 1.807) is 24.5 Å². The molecule has 0 saturated carbocycles. The lowest BCUT2D eigenvalue weighted by atomic mass is 10.1. The van der Waals surface area contributed by atoms with Gasteiger partial charge in [0.1, 0.15) is 0 Å². The Kier molecular flexibility index (Phi) is 5.12. The highest BCUT2D eigenvalue weighted by Crippen LogP contribution is 2.20. The van der Waals surface area contributed by atoms with Crippen LogP contribution in [-0.4, -0.2) is 33.3 Å². The van der Waals surface area contributed by atoms with E-state index in [4.69, 9.17) is 0 Å². The number of Topliss-reactive ketones (excluding diaryl/α,β-unsaturated/α-hetero) is 2. The van der Waals surface area contributed by atoms with E-state index < -0.39 is 0 Å². The van der Waals surface area contributed by atoms with Crippen LogP contribution in [0.3, 0.4) is 0 Å². The number of pyridine rings is 2. The number of amides is 2. The fourth-order valence-electron chi connectivity index (χ4n) is 2.62. The molecule has 0 bridgehead atoms. The van der Waals surface area contributed by atoms with Gasteiger partial charge in [0.15, 0.2) is 11.6 Å². The maximum atomic E-state index is 11.4. The van der Waals surface area contributed by atoms with Crippen molar-refractivity contribution < 1.29 is 19.2 Å². The number of carbonyl (C=O) groups excluding carboxylic acids is 4. The van der Waals surface area contributed by atoms with E-state index in [2.05, 4.69) is 20.6 Å². The van der Waals surface area contributed by atoms with Gasteiger partial charge in [-0.2, -0.15) is 0 Å². The van der Waals surface area contributed by atoms with Crippen LogP contribution in [0.4, 0.5) is 11.4 Å². The summed E-state index contributed by atoms with van der Waals surface area (Å²) in [4.78, 5) is 52.7. The molecule has 2 N–H and O–H groups in total. The molecule has 0 radical (unpaired) electrons. The number of nitrogens with zero attached hydrogens (tertiary/aromatic N) is 2. The van der Waals surface area contributed by atoms with Gasteiger partial charge in [-0.05, 0) is 12.1 Å². The molecule has 0 aromatic carbocycles. The van der Waals surface area contributed by atoms with Crippen LogP contribution in [-0.2, 0) is 9.59 Å². The molecule has 2 aromatic rings. The number of ketones is 2. The molecular weight excluding hydrogens is 336 g/mol. The molecule has 0 saturated heterocycles. The van der Waals surface area contributed by atoms with Crippen LogP contribution in [0.1, 0.15) is 46.4 Å². The second-order valence-corrected chi connectivity index (χ2v) is 5.79. The zero-order valence-corrected chi connectivity index (χ0v) is 13.8. The summed E-state index contributed by atoms with van der Waals surface area (Å²) >= 11 is 0. The summed E-state index contributed by atoms with van der Waals surface area (Å²) in [5, 5.41) is 5.26. The zero-order valence-electron chi connectivity index (χ0n) is 13.8. The Balaban J connectivity index is 0.000000151. The quantitative estimate of drug-likeness (QED) is 0.748. The van der Waals surface area contributed by atoms with Crippen LogP contribution in [0.5, 0.6) is 0 Å². The van der Waals surface area contributed by atoms with Crippen LogP contribution in [0.15, 0.2) is 36.9 Å². The minimum absolute atomic E-state index is 0.00394. The van der Waals surface area contributed by atoms with Crippen LogP contribution in [0.2, 0.25) is 0 Å². The summed E-state index contributed by atoms with van der Waals surface area (Å²) < 4.78 is 0. The Hall–Kier alpha value is -3.42. The van der Waals surface area contributed by atoms with Crippen molar-refractivity contribution in [2.45, 2.75) is 25.7 Å². The lowest BCUT2D eigenvalue weighted by Gasteiger charge is -2.02. The largest absolute Gasteiger partial charge is 0.324 e. The van der Waals surface area contributed by atoms with Gasteiger partial charge >= 0.3 is 0 Å². The number of anilines is 2. The van der Waals surface area contributed by atoms with Gasteiger partial charge in [0.2, 0.25) is 11.8 Å². The van der Waals surface area contributed by atoms with Crippen LogP contribution < -0.4 is 10.6 Å². The van der Waals surface area contributed by atoms with Crippen molar-refractivity contribution in [3.8, 4) is 0 Å². The zero-order chi connectivity index (χ0) is 18.5. The van der Waals surface area contributed by atoms with Crippen molar-refractivity contribution in [2.75, 3.05) is 10.6 Å². The average Bonchev–Trinajstić information content (AvgIpc) is 2.88. The minimum Gasteiger partial charge on any atom is -0.324 e. The number of hydrogen-bond acceptors (Lipinski definition) is 6. The van der Waals surface area contributed by atoms with E-state index in [1.165, 1.54) is 12.4 Å². The van der Waals surface area contributed by atoms with Gasteiger partial charge in [0, 0.05) is 49.2 Å². The number of fused-ring (bicyclic) bond motifs is 2. The predicted molar refractivity (Wildman–Crippen MR) is 92.9 cm³/mol. The van der Waals surface area contributed by atoms with E-state index in [0.29, 0.717) is 22.5 Å². The SMILES string of the molecule is O=C1CCC(=O)c2ccncc2N1.O=C1CCC(=O)c2ccncc2N1. The normalized spacial score (nSPS) is 16.0. The van der Waals surface area contributed by atoms with Crippen molar-refractivity contribution >= 4 is 34.8 Å². The van der Waals surface area contributed by atoms with Gasteiger partial charge in [0.05, 0.1) is 23.8 Å². The van der Waals surface area contributed by atoms with Gasteiger partial charge in [-0.15, -0.1) is 0 Å². The Morgan fingerprint density at radius 1 is 0.654 bits per heavy atom. The highest BCUT2D eigenvalue weighted by Gasteiger charge is 2.19. The van der Waals surface area contributed by atoms with Crippen LogP contribution >= 0.6 is 0 Å². The summed E-state index contributed by atoms with van der Waals surface area (Å²) in [6, 6.07) is 3.26. The maximum Gasteiger partial charge on any atom is 0.224 e. The van der Waals surface area contributed by atoms with Gasteiger partial charge in [-0.25, -0.2) is 0 Å². The topological polar surface area (TPSA) is 118 Å². The molecule has 0 spiro atoms. The smallest absolute Gasteiger partial charge is 0.224 e. The first-order valence-electron chi connectivity index (χ1n) is 8.08. The molecule has 2 amide bonds. The van der Waals surface area contributed by atoms with Crippen molar-refractivity contribution in [1.82, 2.24) is 9.97 Å². The summed E-state index contributed by atoms with van der Waals surface area (Å²) in [5.74, 6) is -0.258. The first kappa shape index (κ1) is 17.4. The standard InChI is InChI=1S/2C9H8N2O2/c2*12-8-1-2-9(13)11-7-5-10-4-3-6(7)8/h2*3-5H,1-2H2,(H,11,13). The van der Waals surface area contributed by atoms with Gasteiger partial charge < -0.3 is 10.6 Å². The van der Waals surface area contributed by atoms with E-state index in [-0.39, 0.29) is 49.1 Å². The third-order valence-electron chi connectivity index (χ3n) is 3.95. The second kappa shape index (κ2) is 7.64. The van der Waals surface area contributed by atoms with Gasteiger partial charge in [0.25, 0.3) is 0 Å². The van der Waals surface area contributed by atoms with Crippen LogP contribution in [0.25, 0.3) is 0 Å². The number of rotatable bonds is 0. The molecular formula is C18H16N4O4. The second-order valence-electron chi connectivity index (χ2n) is 5.79. The highest BCUT2D eigenvalue weighted by molar-refractivity contribution is 6.09. The molecule has 0 atom stereocenters. The van der Waals surface area contributed by atoms with E-state index in [9.17, 15) is 19.2 Å². The van der Waals surface area contributed by atoms with Gasteiger partial charge in [-0.3, -0.25) is 29.1 Å². The summed E-state index contributed by atoms with van der Waals surface area (Å²) in [7, 11) is 0. The Labute approximate surface area is 149 Å². The summed E-state index contributed by atoms with van der Waals surface area (Å²) in [6.45, 7) is 0. The van der Waals surface area contributed by atoms with E-state index in [0.717, 1.165) is 0 Å². The lowest BCUT2D eigenvalue weighted by molar-refractivity contribution is -0.116. The molecule has 8 heteroatoms. The monoisotopic (exact) mass is 352 g/mol. The van der Waals surface area contributed by atoms with E-state index >= 15 is 0 Å². The minimum atomic E-state index is -0.125. The molecule has 8 nitrogen and oxygen atoms in total. The third kappa shape index (κ3) is 3.97. The van der Waals surface area contributed by atoms with Crippen molar-refractivity contribution in [3.05, 3.63) is 48.0 Å². The van der Waals surface area contributed by atoms with Crippen LogP contribution in [0, 0.1) is 0 Å².